The van der Waals surface area contributed by atoms with E-state index < -0.39 is 0 Å². The maximum absolute atomic E-state index is 4.90. The summed E-state index contributed by atoms with van der Waals surface area (Å²) in [4.78, 5) is 9.37. The summed E-state index contributed by atoms with van der Waals surface area (Å²) in [6.07, 6.45) is 5.92. The Morgan fingerprint density at radius 3 is 2.50 bits per heavy atom. The molecule has 0 saturated carbocycles. The van der Waals surface area contributed by atoms with Crippen LogP contribution >= 0.6 is 0 Å². The van der Waals surface area contributed by atoms with Crippen LogP contribution in [0.5, 0.6) is 0 Å². The van der Waals surface area contributed by atoms with Crippen LogP contribution in [-0.4, -0.2) is 40.4 Å². The average molecular weight is 451 g/mol. The fourth-order valence-corrected chi connectivity index (χ4v) is 3.98. The number of aryl methyl sites for hydroxylation is 1. The number of tetrazole rings is 1. The molecule has 3 aromatic heterocycles. The lowest BCUT2D eigenvalue weighted by atomic mass is 10.0. The minimum atomic E-state index is 0.549. The number of pyridine rings is 1. The summed E-state index contributed by atoms with van der Waals surface area (Å²) in [5, 5.41) is 19.0. The van der Waals surface area contributed by atoms with Crippen LogP contribution in [0.1, 0.15) is 37.6 Å². The molecule has 2 aromatic carbocycles. The van der Waals surface area contributed by atoms with E-state index >= 15 is 0 Å². The lowest BCUT2D eigenvalue weighted by molar-refractivity contribution is 0.535. The number of benzene rings is 2. The van der Waals surface area contributed by atoms with Crippen molar-refractivity contribution < 1.29 is 0 Å². The molecular formula is C26H26N8. The highest BCUT2D eigenvalue weighted by molar-refractivity contribution is 5.77. The number of aromatic amines is 1. The summed E-state index contributed by atoms with van der Waals surface area (Å²) >= 11 is 0. The Morgan fingerprint density at radius 1 is 0.882 bits per heavy atom. The zero-order valence-corrected chi connectivity index (χ0v) is 19.1. The minimum Gasteiger partial charge on any atom is -0.252 e. The van der Waals surface area contributed by atoms with Gasteiger partial charge in [-0.25, -0.2) is 14.8 Å². The van der Waals surface area contributed by atoms with Crippen molar-refractivity contribution in [3.05, 3.63) is 84.3 Å². The molecule has 34 heavy (non-hydrogen) atoms. The van der Waals surface area contributed by atoms with Gasteiger partial charge in [-0.3, -0.25) is 4.98 Å². The van der Waals surface area contributed by atoms with Crippen molar-refractivity contribution in [2.45, 2.75) is 39.2 Å². The van der Waals surface area contributed by atoms with Crippen LogP contribution in [0, 0.1) is 0 Å². The number of hydrogen-bond donors (Lipinski definition) is 1. The van der Waals surface area contributed by atoms with Crippen LogP contribution in [0.2, 0.25) is 0 Å². The van der Waals surface area contributed by atoms with E-state index in [1.807, 2.05) is 30.3 Å². The smallest absolute Gasteiger partial charge is 0.198 e. The predicted octanol–water partition coefficient (Wildman–Crippen LogP) is 4.97. The molecule has 0 atom stereocenters. The van der Waals surface area contributed by atoms with Gasteiger partial charge in [-0.05, 0) is 34.0 Å². The van der Waals surface area contributed by atoms with Gasteiger partial charge in [-0.1, -0.05) is 80.4 Å². The highest BCUT2D eigenvalue weighted by atomic mass is 15.5. The van der Waals surface area contributed by atoms with Gasteiger partial charge < -0.3 is 0 Å². The highest BCUT2D eigenvalue weighted by Gasteiger charge is 2.14. The summed E-state index contributed by atoms with van der Waals surface area (Å²) in [7, 11) is 0. The van der Waals surface area contributed by atoms with E-state index in [4.69, 9.17) is 10.1 Å². The summed E-state index contributed by atoms with van der Waals surface area (Å²) < 4.78 is 2.07. The van der Waals surface area contributed by atoms with E-state index in [-0.39, 0.29) is 0 Å². The maximum atomic E-state index is 4.90. The number of hydrogen-bond acceptors (Lipinski definition) is 6. The molecule has 0 bridgehead atoms. The second kappa shape index (κ2) is 10.2. The van der Waals surface area contributed by atoms with E-state index in [0.29, 0.717) is 5.82 Å². The molecule has 0 spiro atoms. The normalized spacial score (nSPS) is 11.1. The standard InChI is InChI=1S/C26H26N8/c1-2-3-7-17-34-23(28-25(31-34)21-9-5-4-6-10-21)18-19-12-14-20(15-13-19)22-11-8-16-27-24(22)26-29-32-33-30-26/h4-6,8-16H,2-3,7,17-18H2,1H3,(H,29,30,32,33). The van der Waals surface area contributed by atoms with E-state index in [1.54, 1.807) is 6.20 Å². The molecule has 0 aliphatic carbocycles. The van der Waals surface area contributed by atoms with Gasteiger partial charge in [0.2, 0.25) is 0 Å². The van der Waals surface area contributed by atoms with Crippen LogP contribution in [0.4, 0.5) is 0 Å². The zero-order chi connectivity index (χ0) is 23.2. The van der Waals surface area contributed by atoms with Gasteiger partial charge in [0, 0.05) is 30.3 Å². The van der Waals surface area contributed by atoms with Crippen molar-refractivity contribution in [3.63, 3.8) is 0 Å². The Labute approximate surface area is 198 Å². The Morgan fingerprint density at radius 2 is 1.74 bits per heavy atom. The third kappa shape index (κ3) is 4.76. The average Bonchev–Trinajstić information content (AvgIpc) is 3.56. The first kappa shape index (κ1) is 21.6. The SMILES string of the molecule is CCCCCn1nc(-c2ccccc2)nc1Cc1ccc(-c2cccnc2-c2nnn[nH]2)cc1. The Balaban J connectivity index is 1.40. The highest BCUT2D eigenvalue weighted by Crippen LogP contribution is 2.28. The molecule has 0 aliphatic rings. The molecule has 1 N–H and O–H groups in total. The number of rotatable bonds is 9. The largest absolute Gasteiger partial charge is 0.252 e. The first-order valence-corrected chi connectivity index (χ1v) is 11.6. The van der Waals surface area contributed by atoms with Gasteiger partial charge >= 0.3 is 0 Å². The number of nitrogens with zero attached hydrogens (tertiary/aromatic N) is 7. The predicted molar refractivity (Wildman–Crippen MR) is 131 cm³/mol. The molecule has 170 valence electrons. The van der Waals surface area contributed by atoms with Gasteiger partial charge in [-0.2, -0.15) is 5.10 Å². The Hall–Kier alpha value is -4.20. The van der Waals surface area contributed by atoms with Crippen molar-refractivity contribution in [3.8, 4) is 34.0 Å². The molecule has 3 heterocycles. The molecule has 0 saturated heterocycles. The summed E-state index contributed by atoms with van der Waals surface area (Å²) in [5.74, 6) is 2.31. The summed E-state index contributed by atoms with van der Waals surface area (Å²) in [6, 6.07) is 22.6. The molecule has 5 rings (SSSR count). The second-order valence-electron chi connectivity index (χ2n) is 8.17. The molecule has 0 fully saturated rings. The fraction of sp³-hybridized carbons (Fsp3) is 0.231. The quantitative estimate of drug-likeness (QED) is 0.319. The van der Waals surface area contributed by atoms with Gasteiger partial charge in [0.05, 0.1) is 0 Å². The lowest BCUT2D eigenvalue weighted by Gasteiger charge is -2.08. The van der Waals surface area contributed by atoms with Crippen LogP contribution in [-0.2, 0) is 13.0 Å². The molecular weight excluding hydrogens is 424 g/mol. The van der Waals surface area contributed by atoms with Gasteiger partial charge in [0.15, 0.2) is 11.6 Å². The van der Waals surface area contributed by atoms with Crippen molar-refractivity contribution in [1.29, 1.82) is 0 Å². The third-order valence-electron chi connectivity index (χ3n) is 5.76. The summed E-state index contributed by atoms with van der Waals surface area (Å²) in [5.41, 5.74) is 4.97. The van der Waals surface area contributed by atoms with Gasteiger partial charge in [0.1, 0.15) is 11.5 Å². The molecule has 0 unspecified atom stereocenters. The van der Waals surface area contributed by atoms with Crippen LogP contribution in [0.15, 0.2) is 72.9 Å². The summed E-state index contributed by atoms with van der Waals surface area (Å²) in [6.45, 7) is 3.09. The van der Waals surface area contributed by atoms with Crippen LogP contribution < -0.4 is 0 Å². The van der Waals surface area contributed by atoms with E-state index in [1.165, 1.54) is 18.4 Å². The van der Waals surface area contributed by atoms with E-state index in [2.05, 4.69) is 73.6 Å². The number of H-pyrrole nitrogens is 1. The third-order valence-corrected chi connectivity index (χ3v) is 5.76. The zero-order valence-electron chi connectivity index (χ0n) is 19.1. The fourth-order valence-electron chi connectivity index (χ4n) is 3.98. The molecule has 0 radical (unpaired) electrons. The van der Waals surface area contributed by atoms with E-state index in [9.17, 15) is 0 Å². The monoisotopic (exact) mass is 450 g/mol. The molecule has 0 amide bonds. The van der Waals surface area contributed by atoms with Crippen LogP contribution in [0.3, 0.4) is 0 Å². The topological polar surface area (TPSA) is 98.1 Å². The Bertz CT molecular complexity index is 1330. The van der Waals surface area contributed by atoms with Crippen molar-refractivity contribution >= 4 is 0 Å². The first-order chi connectivity index (χ1) is 16.8. The first-order valence-electron chi connectivity index (χ1n) is 11.6. The van der Waals surface area contributed by atoms with Crippen molar-refractivity contribution in [2.24, 2.45) is 0 Å². The van der Waals surface area contributed by atoms with Crippen LogP contribution in [0.25, 0.3) is 34.0 Å². The minimum absolute atomic E-state index is 0.549. The molecule has 0 aliphatic heterocycles. The van der Waals surface area contributed by atoms with Crippen molar-refractivity contribution in [1.82, 2.24) is 40.4 Å². The molecule has 5 aromatic rings. The van der Waals surface area contributed by atoms with Gasteiger partial charge in [0.25, 0.3) is 0 Å². The van der Waals surface area contributed by atoms with E-state index in [0.717, 1.165) is 53.4 Å². The number of unbranched alkanes of at least 4 members (excludes halogenated alkanes) is 2. The lowest BCUT2D eigenvalue weighted by Crippen LogP contribution is -2.06. The maximum Gasteiger partial charge on any atom is 0.198 e. The number of aromatic nitrogens is 8. The molecule has 8 nitrogen and oxygen atoms in total. The molecule has 8 heteroatoms. The number of nitrogens with one attached hydrogen (secondary N) is 1. The second-order valence-corrected chi connectivity index (χ2v) is 8.17. The van der Waals surface area contributed by atoms with Gasteiger partial charge in [-0.15, -0.1) is 5.10 Å². The Kier molecular flexibility index (Phi) is 6.47. The van der Waals surface area contributed by atoms with Crippen molar-refractivity contribution in [2.75, 3.05) is 0 Å².